The summed E-state index contributed by atoms with van der Waals surface area (Å²) in [5.74, 6) is 5.46. The minimum atomic E-state index is -0.348. The normalized spacial score (nSPS) is 17.6. The van der Waals surface area contributed by atoms with Crippen molar-refractivity contribution in [2.75, 3.05) is 39.2 Å². The van der Waals surface area contributed by atoms with Gasteiger partial charge >= 0.3 is 5.69 Å². The average Bonchev–Trinajstić information content (AvgIpc) is 1.54. The van der Waals surface area contributed by atoms with Gasteiger partial charge in [0, 0.05) is 97.9 Å². The maximum absolute atomic E-state index is 13.8. The topological polar surface area (TPSA) is 200 Å². The minimum absolute atomic E-state index is 0.0331. The highest BCUT2D eigenvalue weighted by Gasteiger charge is 2.58. The molecule has 20 heteroatoms. The highest BCUT2D eigenvalue weighted by atomic mass is 16.5. The van der Waals surface area contributed by atoms with Crippen LogP contribution in [0.25, 0.3) is 33.5 Å². The van der Waals surface area contributed by atoms with Crippen molar-refractivity contribution in [3.8, 4) is 17.0 Å². The predicted octanol–water partition coefficient (Wildman–Crippen LogP) is 11.8. The van der Waals surface area contributed by atoms with Gasteiger partial charge in [-0.05, 0) is 180 Å². The maximum Gasteiger partial charge on any atom is 0.332 e. The molecule has 4 aliphatic carbocycles. The summed E-state index contributed by atoms with van der Waals surface area (Å²) < 4.78 is 23.7. The van der Waals surface area contributed by atoms with Crippen LogP contribution in [0.3, 0.4) is 0 Å². The molecule has 9 heterocycles. The van der Waals surface area contributed by atoms with E-state index in [1.807, 2.05) is 100 Å². The van der Waals surface area contributed by atoms with Crippen molar-refractivity contribution in [3.63, 3.8) is 0 Å². The number of anilines is 2. The van der Waals surface area contributed by atoms with E-state index in [2.05, 4.69) is 96.1 Å². The second-order valence-electron chi connectivity index (χ2n) is 28.5. The number of hydrogen-bond donors (Lipinski definition) is 1. The van der Waals surface area contributed by atoms with Gasteiger partial charge in [0.05, 0.1) is 32.1 Å². The highest BCUT2D eigenvalue weighted by molar-refractivity contribution is 5.89. The molecule has 20 nitrogen and oxygen atoms in total. The van der Waals surface area contributed by atoms with E-state index in [0.29, 0.717) is 66.0 Å². The van der Waals surface area contributed by atoms with Gasteiger partial charge in [0.15, 0.2) is 5.65 Å². The third kappa shape index (κ3) is 13.0. The zero-order valence-electron chi connectivity index (χ0n) is 57.0. The second kappa shape index (κ2) is 27.4. The smallest absolute Gasteiger partial charge is 0.332 e. The zero-order valence-corrected chi connectivity index (χ0v) is 57.0. The number of benzene rings is 4. The molecule has 1 atom stereocenters. The Morgan fingerprint density at radius 1 is 0.684 bits per heavy atom. The Morgan fingerprint density at radius 2 is 1.40 bits per heavy atom. The minimum Gasteiger partial charge on any atom is -0.497 e. The monoisotopic (exact) mass is 1320 g/mol. The van der Waals surface area contributed by atoms with Crippen molar-refractivity contribution in [2.45, 2.75) is 154 Å². The summed E-state index contributed by atoms with van der Waals surface area (Å²) in [6.45, 7) is 9.01. The van der Waals surface area contributed by atoms with Crippen LogP contribution in [0.15, 0.2) is 159 Å². The summed E-state index contributed by atoms with van der Waals surface area (Å²) in [4.78, 5) is 64.9. The first-order valence-corrected chi connectivity index (χ1v) is 35.4. The summed E-state index contributed by atoms with van der Waals surface area (Å²) in [5.41, 5.74) is 12.3. The Kier molecular flexibility index (Phi) is 18.0. The number of aromatic nitrogens is 12. The van der Waals surface area contributed by atoms with Crippen molar-refractivity contribution in [1.29, 1.82) is 0 Å². The number of aryl methyl sites for hydroxylation is 1. The fourth-order valence-electron chi connectivity index (χ4n) is 15.3. The van der Waals surface area contributed by atoms with Crippen molar-refractivity contribution in [2.24, 2.45) is 24.8 Å². The van der Waals surface area contributed by atoms with Crippen molar-refractivity contribution in [1.82, 2.24) is 61.9 Å². The number of methoxy groups -OCH3 is 1. The molecule has 506 valence electrons. The Morgan fingerprint density at radius 3 is 2.07 bits per heavy atom. The number of rotatable bonds is 18. The van der Waals surface area contributed by atoms with Gasteiger partial charge in [0.2, 0.25) is 5.65 Å². The average molecular weight is 1320 g/mol. The quantitative estimate of drug-likeness (QED) is 0.0851. The van der Waals surface area contributed by atoms with Crippen LogP contribution in [0, 0.1) is 17.8 Å². The predicted molar refractivity (Wildman–Crippen MR) is 381 cm³/mol. The van der Waals surface area contributed by atoms with Crippen LogP contribution in [0.4, 0.5) is 11.5 Å². The van der Waals surface area contributed by atoms with Gasteiger partial charge in [-0.2, -0.15) is 5.10 Å². The summed E-state index contributed by atoms with van der Waals surface area (Å²) in [5, 5.41) is 17.7. The summed E-state index contributed by atoms with van der Waals surface area (Å²) in [7, 11) is 5.36. The number of ether oxygens (including phenoxy) is 2. The van der Waals surface area contributed by atoms with Crippen LogP contribution in [-0.2, 0) is 62.6 Å². The number of nitrogens with one attached hydrogen (secondary N) is 1. The summed E-state index contributed by atoms with van der Waals surface area (Å²) >= 11 is 0. The van der Waals surface area contributed by atoms with Crippen LogP contribution in [0.5, 0.6) is 5.75 Å². The molecule has 3 saturated carbocycles. The molecule has 98 heavy (non-hydrogen) atoms. The van der Waals surface area contributed by atoms with Gasteiger partial charge in [-0.1, -0.05) is 98.8 Å². The fourth-order valence-corrected chi connectivity index (χ4v) is 15.3. The summed E-state index contributed by atoms with van der Waals surface area (Å²) in [6.07, 6.45) is 22.7. The maximum atomic E-state index is 13.8. The molecule has 6 aliphatic rings. The molecule has 2 saturated heterocycles. The third-order valence-electron chi connectivity index (χ3n) is 21.2. The summed E-state index contributed by atoms with van der Waals surface area (Å²) in [6, 6.07) is 41.1. The van der Waals surface area contributed by atoms with E-state index in [9.17, 15) is 19.2 Å². The molecule has 2 aliphatic heterocycles. The fraction of sp³-hybridized carbons (Fsp3) is 0.423. The van der Waals surface area contributed by atoms with E-state index in [1.165, 1.54) is 92.8 Å². The number of imidazole rings is 1. The van der Waals surface area contributed by atoms with Gasteiger partial charge in [0.25, 0.3) is 16.7 Å². The van der Waals surface area contributed by atoms with Crippen LogP contribution < -0.4 is 32.4 Å². The number of nitrogens with zero attached hydrogens (tertiary/aromatic N) is 13. The van der Waals surface area contributed by atoms with Crippen LogP contribution in [0.2, 0.25) is 0 Å². The van der Waals surface area contributed by atoms with Crippen molar-refractivity contribution >= 4 is 33.7 Å². The lowest BCUT2D eigenvalue weighted by Gasteiger charge is -2.24. The first-order valence-electron chi connectivity index (χ1n) is 35.4. The molecule has 0 bridgehead atoms. The van der Waals surface area contributed by atoms with Gasteiger partial charge in [0.1, 0.15) is 34.1 Å². The molecule has 0 radical (unpaired) electrons. The molecule has 0 amide bonds. The van der Waals surface area contributed by atoms with Crippen molar-refractivity contribution < 1.29 is 9.47 Å². The van der Waals surface area contributed by atoms with Crippen LogP contribution in [0.1, 0.15) is 154 Å². The Labute approximate surface area is 569 Å². The Hall–Kier alpha value is -9.53. The molecule has 17 rings (SSSR count). The molecule has 7 aromatic heterocycles. The molecule has 4 aromatic carbocycles. The number of hydrogen-bond acceptors (Lipinski definition) is 13. The van der Waals surface area contributed by atoms with E-state index in [-0.39, 0.29) is 39.6 Å². The molecular formula is C78H88N14O6. The number of likely N-dealkylation sites (tertiary alicyclic amines) is 1. The second-order valence-corrected chi connectivity index (χ2v) is 28.5. The van der Waals surface area contributed by atoms with Crippen LogP contribution >= 0.6 is 0 Å². The molecular weight excluding hydrogens is 1230 g/mol. The molecule has 0 spiro atoms. The molecule has 5 fully saturated rings. The zero-order chi connectivity index (χ0) is 67.2. The largest absolute Gasteiger partial charge is 0.497 e. The van der Waals surface area contributed by atoms with Crippen LogP contribution in [-0.4, -0.2) is 95.8 Å². The van der Waals surface area contributed by atoms with E-state index in [4.69, 9.17) is 19.6 Å². The molecule has 11 aromatic rings. The molecule has 1 N–H and O–H groups in total. The lowest BCUT2D eigenvalue weighted by atomic mass is 9.97. The van der Waals surface area contributed by atoms with E-state index in [0.717, 1.165) is 115 Å². The van der Waals surface area contributed by atoms with Crippen molar-refractivity contribution in [3.05, 3.63) is 232 Å². The Balaban J connectivity index is 0.000000123. The lowest BCUT2D eigenvalue weighted by Crippen LogP contribution is -2.38. The van der Waals surface area contributed by atoms with E-state index in [1.54, 1.807) is 24.1 Å². The molecule has 1 unspecified atom stereocenters. The highest BCUT2D eigenvalue weighted by Crippen LogP contribution is 2.62. The number of para-hydroxylation sites is 1. The first kappa shape index (κ1) is 64.5. The van der Waals surface area contributed by atoms with Gasteiger partial charge in [-0.25, -0.2) is 14.5 Å². The van der Waals surface area contributed by atoms with E-state index >= 15 is 0 Å². The number of pyridine rings is 1. The third-order valence-corrected chi connectivity index (χ3v) is 21.2. The Bertz CT molecular complexity index is 4930. The first-order chi connectivity index (χ1) is 47.8. The van der Waals surface area contributed by atoms with E-state index < -0.39 is 0 Å². The van der Waals surface area contributed by atoms with Gasteiger partial charge in [-0.3, -0.25) is 42.2 Å². The van der Waals surface area contributed by atoms with Gasteiger partial charge in [-0.15, -0.1) is 10.2 Å². The van der Waals surface area contributed by atoms with Gasteiger partial charge < -0.3 is 23.9 Å². The number of fused-ring (bicyclic) bond motifs is 5. The SMILES string of the molecule is CC(C)Cn1c(=O)n(C)c(=O)c2c(Nc3ccccc3)n(Cc3ccc(C4CCCN4C)cc3)nc21.COc1ccc(Cn2c(Cc3ccc(-c4ccccn4)cc3)cn3c(C4CCOCC4)ncc3c2=O)cc1.O=c1c2nnc(C3(C4CC4)CC3)n2c2c(n1CC1CC1)CCCC2. The lowest BCUT2D eigenvalue weighted by molar-refractivity contribution is 0.0835. The standard InChI is InChI=1S/C31H30N4O3.C28H34N6O2.C19H24N4O/c1-37-27-11-7-23(8-12-27)20-34-26(18-22-5-9-24(10-6-22)28-4-2-3-15-32-28)21-35-29(31(34)36)19-33-30(35)25-13-16-38-17-14-25;1-19(2)17-33-26-24(27(35)32(4)28(33)36)25(29-22-9-6-5-7-10-22)34(30-26)18-20-12-14-21(15-13-20)23-11-8-16-31(23)3;24-17-16-20-21-18(19(9-10-19)13-7-8-13)23(16)15-4-2-1-3-14(15)22(17)11-12-5-6-12/h2-12,15,19,21,25H,13-14,16-18,20H2,1H3;5-7,9-10,12-15,19,23,29H,8,11,16-18H2,1-4H3;12-13H,1-11H2.